The number of hydrogen-bond donors (Lipinski definition) is 0. The molecule has 1 aliphatic heterocycles. The van der Waals surface area contributed by atoms with Crippen molar-refractivity contribution in [2.45, 2.75) is 20.4 Å². The number of aromatic nitrogens is 2. The molecule has 1 saturated heterocycles. The summed E-state index contributed by atoms with van der Waals surface area (Å²) in [7, 11) is 0. The quantitative estimate of drug-likeness (QED) is 0.741. The van der Waals surface area contributed by atoms with E-state index in [-0.39, 0.29) is 0 Å². The minimum atomic E-state index is 0.696. The van der Waals surface area contributed by atoms with E-state index in [1.807, 2.05) is 19.9 Å². The van der Waals surface area contributed by atoms with Crippen LogP contribution in [0.5, 0.6) is 0 Å². The highest BCUT2D eigenvalue weighted by atomic mass is 16.3. The smallest absolute Gasteiger partial charge is 0.231 e. The Kier molecular flexibility index (Phi) is 3.94. The molecule has 1 aliphatic rings. The molecule has 0 spiro atoms. The highest BCUT2D eigenvalue weighted by Gasteiger charge is 2.20. The Hall–Kier alpha value is -2.40. The highest BCUT2D eigenvalue weighted by molar-refractivity contribution is 5.77. The zero-order valence-corrected chi connectivity index (χ0v) is 14.2. The van der Waals surface area contributed by atoms with Gasteiger partial charge in [-0.1, -0.05) is 30.3 Å². The van der Waals surface area contributed by atoms with E-state index in [0.717, 1.165) is 55.5 Å². The molecule has 24 heavy (non-hydrogen) atoms. The zero-order chi connectivity index (χ0) is 16.5. The van der Waals surface area contributed by atoms with Crippen LogP contribution in [0.15, 0.2) is 40.8 Å². The van der Waals surface area contributed by atoms with E-state index >= 15 is 0 Å². The maximum absolute atomic E-state index is 5.69. The average molecular weight is 322 g/mol. The molecular formula is C19H22N4O. The summed E-state index contributed by atoms with van der Waals surface area (Å²) in [6, 6.07) is 12.6. The molecule has 3 heterocycles. The Labute approximate surface area is 141 Å². The van der Waals surface area contributed by atoms with Gasteiger partial charge >= 0.3 is 0 Å². The van der Waals surface area contributed by atoms with Crippen LogP contribution in [-0.4, -0.2) is 41.0 Å². The number of furan rings is 1. The van der Waals surface area contributed by atoms with Crippen molar-refractivity contribution in [2.24, 2.45) is 0 Å². The number of aryl methyl sites for hydroxylation is 2. The fourth-order valence-electron chi connectivity index (χ4n) is 3.26. The van der Waals surface area contributed by atoms with Crippen molar-refractivity contribution in [3.63, 3.8) is 0 Å². The number of rotatable bonds is 3. The predicted molar refractivity (Wildman–Crippen MR) is 95.2 cm³/mol. The van der Waals surface area contributed by atoms with Crippen molar-refractivity contribution < 1.29 is 4.42 Å². The first-order valence-electron chi connectivity index (χ1n) is 8.45. The van der Waals surface area contributed by atoms with E-state index in [2.05, 4.69) is 50.1 Å². The van der Waals surface area contributed by atoms with Crippen LogP contribution in [0.2, 0.25) is 0 Å². The third kappa shape index (κ3) is 2.99. The van der Waals surface area contributed by atoms with Gasteiger partial charge in [0.2, 0.25) is 11.7 Å². The SMILES string of the molecule is Cc1cc2c(C)nc(N3CCN(Cc4ccccc4)CC3)nc2o1. The first kappa shape index (κ1) is 15.1. The number of fused-ring (bicyclic) bond motifs is 1. The van der Waals surface area contributed by atoms with E-state index in [0.29, 0.717) is 5.71 Å². The van der Waals surface area contributed by atoms with E-state index in [9.17, 15) is 0 Å². The molecule has 4 rings (SSSR count). The van der Waals surface area contributed by atoms with Crippen molar-refractivity contribution in [1.82, 2.24) is 14.9 Å². The molecule has 5 heteroatoms. The van der Waals surface area contributed by atoms with Gasteiger partial charge in [-0.25, -0.2) is 4.98 Å². The molecule has 2 aromatic heterocycles. The van der Waals surface area contributed by atoms with Crippen LogP contribution in [0, 0.1) is 13.8 Å². The summed E-state index contributed by atoms with van der Waals surface area (Å²) < 4.78 is 5.69. The Morgan fingerprint density at radius 1 is 1.00 bits per heavy atom. The zero-order valence-electron chi connectivity index (χ0n) is 14.2. The number of piperazine rings is 1. The van der Waals surface area contributed by atoms with Crippen LogP contribution in [0.3, 0.4) is 0 Å². The standard InChI is InChI=1S/C19H22N4O/c1-14-12-17-15(2)20-19(21-18(17)24-14)23-10-8-22(9-11-23)13-16-6-4-3-5-7-16/h3-7,12H,8-11,13H2,1-2H3. The lowest BCUT2D eigenvalue weighted by Crippen LogP contribution is -2.46. The number of nitrogens with zero attached hydrogens (tertiary/aromatic N) is 4. The summed E-state index contributed by atoms with van der Waals surface area (Å²) in [5.74, 6) is 1.67. The van der Waals surface area contributed by atoms with Gasteiger partial charge in [0.1, 0.15) is 5.76 Å². The lowest BCUT2D eigenvalue weighted by Gasteiger charge is -2.34. The molecule has 5 nitrogen and oxygen atoms in total. The van der Waals surface area contributed by atoms with Crippen LogP contribution >= 0.6 is 0 Å². The monoisotopic (exact) mass is 322 g/mol. The van der Waals surface area contributed by atoms with E-state index in [1.165, 1.54) is 5.56 Å². The van der Waals surface area contributed by atoms with Crippen molar-refractivity contribution in [3.8, 4) is 0 Å². The van der Waals surface area contributed by atoms with Crippen molar-refractivity contribution >= 4 is 17.0 Å². The van der Waals surface area contributed by atoms with Crippen LogP contribution in [-0.2, 0) is 6.54 Å². The molecule has 3 aromatic rings. The molecule has 0 saturated carbocycles. The first-order valence-corrected chi connectivity index (χ1v) is 8.45. The Morgan fingerprint density at radius 2 is 1.75 bits per heavy atom. The lowest BCUT2D eigenvalue weighted by atomic mass is 10.2. The summed E-state index contributed by atoms with van der Waals surface area (Å²) in [4.78, 5) is 14.0. The molecule has 0 unspecified atom stereocenters. The van der Waals surface area contributed by atoms with Crippen LogP contribution < -0.4 is 4.90 Å². The number of anilines is 1. The largest absolute Gasteiger partial charge is 0.443 e. The summed E-state index contributed by atoms with van der Waals surface area (Å²) in [5, 5.41) is 1.01. The van der Waals surface area contributed by atoms with E-state index in [4.69, 9.17) is 4.42 Å². The Balaban J connectivity index is 1.46. The molecule has 1 aromatic carbocycles. The van der Waals surface area contributed by atoms with Crippen molar-refractivity contribution in [1.29, 1.82) is 0 Å². The molecule has 0 amide bonds. The fraction of sp³-hybridized carbons (Fsp3) is 0.368. The third-order valence-electron chi connectivity index (χ3n) is 4.60. The maximum atomic E-state index is 5.69. The predicted octanol–water partition coefficient (Wildman–Crippen LogP) is 3.16. The van der Waals surface area contributed by atoms with Gasteiger partial charge in [0.15, 0.2) is 0 Å². The first-order chi connectivity index (χ1) is 11.7. The second-order valence-electron chi connectivity index (χ2n) is 6.43. The summed E-state index contributed by atoms with van der Waals surface area (Å²) >= 11 is 0. The van der Waals surface area contributed by atoms with Gasteiger partial charge in [-0.15, -0.1) is 0 Å². The van der Waals surface area contributed by atoms with Crippen LogP contribution in [0.1, 0.15) is 17.0 Å². The molecule has 0 radical (unpaired) electrons. The fourth-order valence-corrected chi connectivity index (χ4v) is 3.26. The van der Waals surface area contributed by atoms with Gasteiger partial charge in [0, 0.05) is 32.7 Å². The Bertz CT molecular complexity index is 835. The average Bonchev–Trinajstić information content (AvgIpc) is 2.97. The van der Waals surface area contributed by atoms with Gasteiger partial charge in [0.05, 0.1) is 11.1 Å². The maximum Gasteiger partial charge on any atom is 0.231 e. The minimum Gasteiger partial charge on any atom is -0.443 e. The van der Waals surface area contributed by atoms with Gasteiger partial charge < -0.3 is 9.32 Å². The molecule has 1 fully saturated rings. The Morgan fingerprint density at radius 3 is 2.50 bits per heavy atom. The van der Waals surface area contributed by atoms with Gasteiger partial charge in [-0.2, -0.15) is 4.98 Å². The van der Waals surface area contributed by atoms with Gasteiger partial charge in [-0.3, -0.25) is 4.90 Å². The van der Waals surface area contributed by atoms with Crippen molar-refractivity contribution in [2.75, 3.05) is 31.1 Å². The minimum absolute atomic E-state index is 0.696. The third-order valence-corrected chi connectivity index (χ3v) is 4.60. The molecular weight excluding hydrogens is 300 g/mol. The molecule has 0 bridgehead atoms. The topological polar surface area (TPSA) is 45.4 Å². The molecule has 124 valence electrons. The summed E-state index contributed by atoms with van der Waals surface area (Å²) in [5.41, 5.74) is 3.05. The highest BCUT2D eigenvalue weighted by Crippen LogP contribution is 2.23. The van der Waals surface area contributed by atoms with E-state index in [1.54, 1.807) is 0 Å². The van der Waals surface area contributed by atoms with Crippen molar-refractivity contribution in [3.05, 3.63) is 53.4 Å². The normalized spacial score (nSPS) is 16.0. The van der Waals surface area contributed by atoms with Crippen LogP contribution in [0.4, 0.5) is 5.95 Å². The molecule has 0 aliphatic carbocycles. The molecule has 0 atom stereocenters. The summed E-state index contributed by atoms with van der Waals surface area (Å²) in [6.07, 6.45) is 0. The van der Waals surface area contributed by atoms with E-state index < -0.39 is 0 Å². The van der Waals surface area contributed by atoms with Gasteiger partial charge in [0.25, 0.3) is 0 Å². The lowest BCUT2D eigenvalue weighted by molar-refractivity contribution is 0.248. The van der Waals surface area contributed by atoms with Crippen LogP contribution in [0.25, 0.3) is 11.1 Å². The second-order valence-corrected chi connectivity index (χ2v) is 6.43. The second kappa shape index (κ2) is 6.24. The number of hydrogen-bond acceptors (Lipinski definition) is 5. The summed E-state index contributed by atoms with van der Waals surface area (Å²) in [6.45, 7) is 8.90. The number of benzene rings is 1. The van der Waals surface area contributed by atoms with Gasteiger partial charge in [-0.05, 0) is 25.5 Å². The molecule has 0 N–H and O–H groups in total.